The van der Waals surface area contributed by atoms with Gasteiger partial charge in [-0.2, -0.15) is 0 Å². The summed E-state index contributed by atoms with van der Waals surface area (Å²) in [6.45, 7) is 5.41. The Labute approximate surface area is 180 Å². The van der Waals surface area contributed by atoms with E-state index >= 15 is 0 Å². The van der Waals surface area contributed by atoms with Crippen molar-refractivity contribution >= 4 is 23.4 Å². The Balaban J connectivity index is 1.56. The van der Waals surface area contributed by atoms with E-state index in [4.69, 9.17) is 4.74 Å². The van der Waals surface area contributed by atoms with Gasteiger partial charge in [-0.05, 0) is 65.9 Å². The zero-order chi connectivity index (χ0) is 20.9. The molecular weight excluding hydrogens is 398 g/mol. The van der Waals surface area contributed by atoms with E-state index in [2.05, 4.69) is 26.9 Å². The fraction of sp³-hybridized carbons (Fsp3) is 0.364. The Kier molecular flexibility index (Phi) is 6.44. The van der Waals surface area contributed by atoms with E-state index in [1.807, 2.05) is 56.3 Å². The second kappa shape index (κ2) is 9.40. The molecule has 3 aromatic rings. The third-order valence-corrected chi connectivity index (χ3v) is 6.18. The van der Waals surface area contributed by atoms with Crippen LogP contribution in [0.5, 0.6) is 0 Å². The van der Waals surface area contributed by atoms with Crippen molar-refractivity contribution in [3.63, 3.8) is 0 Å². The number of amides is 1. The lowest BCUT2D eigenvalue weighted by Gasteiger charge is -2.17. The van der Waals surface area contributed by atoms with Crippen LogP contribution in [0.3, 0.4) is 0 Å². The number of hydrogen-bond donors (Lipinski definition) is 1. The van der Waals surface area contributed by atoms with E-state index in [1.54, 1.807) is 4.68 Å². The monoisotopic (exact) mass is 423 g/mol. The summed E-state index contributed by atoms with van der Waals surface area (Å²) >= 11 is 1.35. The first-order valence-electron chi connectivity index (χ1n) is 10.1. The van der Waals surface area contributed by atoms with Crippen molar-refractivity contribution in [2.24, 2.45) is 0 Å². The Morgan fingerprint density at radius 1 is 1.23 bits per heavy atom. The molecule has 0 radical (unpaired) electrons. The van der Waals surface area contributed by atoms with E-state index < -0.39 is 5.25 Å². The first-order chi connectivity index (χ1) is 14.6. The number of ether oxygens (including phenoxy) is 1. The van der Waals surface area contributed by atoms with Crippen LogP contribution in [0.2, 0.25) is 0 Å². The molecular formula is C22H25N5O2S. The van der Waals surface area contributed by atoms with Gasteiger partial charge in [0.05, 0.1) is 12.6 Å². The van der Waals surface area contributed by atoms with E-state index in [1.165, 1.54) is 11.8 Å². The summed E-state index contributed by atoms with van der Waals surface area (Å²) in [5.74, 6) is -0.108. The van der Waals surface area contributed by atoms with Crippen molar-refractivity contribution in [2.75, 3.05) is 11.9 Å². The van der Waals surface area contributed by atoms with Gasteiger partial charge in [-0.15, -0.1) is 5.10 Å². The highest BCUT2D eigenvalue weighted by molar-refractivity contribution is 8.00. The number of aryl methyl sites for hydroxylation is 2. The maximum Gasteiger partial charge on any atom is 0.242 e. The molecule has 0 spiro atoms. The number of rotatable bonds is 7. The van der Waals surface area contributed by atoms with Crippen LogP contribution < -0.4 is 5.32 Å². The molecule has 0 bridgehead atoms. The van der Waals surface area contributed by atoms with Gasteiger partial charge in [-0.1, -0.05) is 48.2 Å². The van der Waals surface area contributed by atoms with Crippen LogP contribution in [-0.4, -0.2) is 38.8 Å². The molecule has 7 nitrogen and oxygen atoms in total. The summed E-state index contributed by atoms with van der Waals surface area (Å²) in [4.78, 5) is 13.3. The molecule has 30 heavy (non-hydrogen) atoms. The summed E-state index contributed by atoms with van der Waals surface area (Å²) in [7, 11) is 0. The molecule has 1 aliphatic heterocycles. The van der Waals surface area contributed by atoms with Crippen LogP contribution in [0.15, 0.2) is 53.7 Å². The van der Waals surface area contributed by atoms with E-state index in [0.717, 1.165) is 41.8 Å². The number of tetrazole rings is 1. The fourth-order valence-corrected chi connectivity index (χ4v) is 4.62. The zero-order valence-electron chi connectivity index (χ0n) is 17.1. The van der Waals surface area contributed by atoms with Gasteiger partial charge in [0.25, 0.3) is 0 Å². The lowest BCUT2D eigenvalue weighted by atomic mass is 10.1. The topological polar surface area (TPSA) is 81.9 Å². The lowest BCUT2D eigenvalue weighted by molar-refractivity contribution is -0.115. The minimum absolute atomic E-state index is 0.108. The van der Waals surface area contributed by atoms with E-state index in [9.17, 15) is 4.79 Å². The first-order valence-corrected chi connectivity index (χ1v) is 10.9. The number of anilines is 1. The van der Waals surface area contributed by atoms with Crippen LogP contribution in [0, 0.1) is 13.8 Å². The standard InChI is InChI=1S/C22H25N5O2S/c1-15-11-16(2)13-18(12-15)23-21(28)20(17-7-4-3-5-8-17)30-22-24-25-26-27(22)14-19-9-6-10-29-19/h3-5,7-8,11-13,19-20H,6,9-10,14H2,1-2H3,(H,23,28). The highest BCUT2D eigenvalue weighted by Crippen LogP contribution is 2.35. The third-order valence-electron chi connectivity index (χ3n) is 4.95. The van der Waals surface area contributed by atoms with Crippen molar-refractivity contribution in [1.82, 2.24) is 20.2 Å². The summed E-state index contributed by atoms with van der Waals surface area (Å²) < 4.78 is 7.45. The first kappa shape index (κ1) is 20.6. The second-order valence-electron chi connectivity index (χ2n) is 7.55. The number of carbonyl (C=O) groups excluding carboxylic acids is 1. The van der Waals surface area contributed by atoms with E-state index in [0.29, 0.717) is 11.7 Å². The largest absolute Gasteiger partial charge is 0.376 e. The van der Waals surface area contributed by atoms with E-state index in [-0.39, 0.29) is 12.0 Å². The van der Waals surface area contributed by atoms with Crippen molar-refractivity contribution in [2.45, 2.75) is 49.7 Å². The van der Waals surface area contributed by atoms with Crippen LogP contribution in [0.1, 0.15) is 34.8 Å². The zero-order valence-corrected chi connectivity index (χ0v) is 17.9. The molecule has 2 aromatic carbocycles. The fourth-order valence-electron chi connectivity index (χ4n) is 3.64. The molecule has 4 rings (SSSR count). The van der Waals surface area contributed by atoms with Crippen molar-refractivity contribution in [3.8, 4) is 0 Å². The predicted molar refractivity (Wildman–Crippen MR) is 116 cm³/mol. The Bertz CT molecular complexity index is 982. The van der Waals surface area contributed by atoms with Crippen molar-refractivity contribution < 1.29 is 9.53 Å². The van der Waals surface area contributed by atoms with Gasteiger partial charge in [-0.25, -0.2) is 4.68 Å². The van der Waals surface area contributed by atoms with Crippen LogP contribution in [0.25, 0.3) is 0 Å². The molecule has 1 N–H and O–H groups in total. The average molecular weight is 424 g/mol. The van der Waals surface area contributed by atoms with Gasteiger partial charge in [0.2, 0.25) is 11.1 Å². The highest BCUT2D eigenvalue weighted by atomic mass is 32.2. The molecule has 1 fully saturated rings. The summed E-state index contributed by atoms with van der Waals surface area (Å²) in [6, 6.07) is 15.7. The maximum absolute atomic E-state index is 13.3. The van der Waals surface area contributed by atoms with Crippen molar-refractivity contribution in [1.29, 1.82) is 0 Å². The maximum atomic E-state index is 13.3. The molecule has 156 valence electrons. The SMILES string of the molecule is Cc1cc(C)cc(NC(=O)C(Sc2nnnn2CC2CCCO2)c2ccccc2)c1. The van der Waals surface area contributed by atoms with Crippen LogP contribution in [0.4, 0.5) is 5.69 Å². The Morgan fingerprint density at radius 3 is 2.70 bits per heavy atom. The number of nitrogens with zero attached hydrogens (tertiary/aromatic N) is 4. The molecule has 1 amide bonds. The molecule has 8 heteroatoms. The minimum atomic E-state index is -0.485. The van der Waals surface area contributed by atoms with Gasteiger partial charge >= 0.3 is 0 Å². The van der Waals surface area contributed by atoms with Gasteiger partial charge in [0, 0.05) is 12.3 Å². The number of thioether (sulfide) groups is 1. The molecule has 2 atom stereocenters. The number of benzene rings is 2. The lowest BCUT2D eigenvalue weighted by Crippen LogP contribution is -2.21. The Hall–Kier alpha value is -2.71. The molecule has 0 saturated carbocycles. The average Bonchev–Trinajstić information content (AvgIpc) is 3.38. The molecule has 1 aliphatic rings. The second-order valence-corrected chi connectivity index (χ2v) is 8.63. The summed E-state index contributed by atoms with van der Waals surface area (Å²) in [5, 5.41) is 15.3. The highest BCUT2D eigenvalue weighted by Gasteiger charge is 2.26. The summed E-state index contributed by atoms with van der Waals surface area (Å²) in [5.41, 5.74) is 3.90. The van der Waals surface area contributed by atoms with Crippen LogP contribution >= 0.6 is 11.8 Å². The number of carbonyl (C=O) groups is 1. The summed E-state index contributed by atoms with van der Waals surface area (Å²) in [6.07, 6.45) is 2.17. The molecule has 1 aromatic heterocycles. The van der Waals surface area contributed by atoms with Gasteiger partial charge in [-0.3, -0.25) is 4.79 Å². The normalized spacial score (nSPS) is 17.1. The smallest absolute Gasteiger partial charge is 0.242 e. The Morgan fingerprint density at radius 2 is 2.00 bits per heavy atom. The predicted octanol–water partition coefficient (Wildman–Crippen LogP) is 3.94. The van der Waals surface area contributed by atoms with Gasteiger partial charge < -0.3 is 10.1 Å². The number of hydrogen-bond acceptors (Lipinski definition) is 6. The van der Waals surface area contributed by atoms with Crippen molar-refractivity contribution in [3.05, 3.63) is 65.2 Å². The third kappa shape index (κ3) is 5.06. The molecule has 1 saturated heterocycles. The number of aromatic nitrogens is 4. The molecule has 0 aliphatic carbocycles. The van der Waals surface area contributed by atoms with Gasteiger partial charge in [0.15, 0.2) is 0 Å². The molecule has 2 unspecified atom stereocenters. The van der Waals surface area contributed by atoms with Crippen LogP contribution in [-0.2, 0) is 16.1 Å². The quantitative estimate of drug-likeness (QED) is 0.580. The number of nitrogens with one attached hydrogen (secondary N) is 1. The molecule has 2 heterocycles. The minimum Gasteiger partial charge on any atom is -0.376 e. The van der Waals surface area contributed by atoms with Gasteiger partial charge in [0.1, 0.15) is 5.25 Å².